The number of thiophene rings is 1. The standard InChI is InChI=1S/C23H23N3O3S3/c1-4-29-22(28)19-18(26-23(30)31-3)17(20(27)24-16-12-10-14(2)11-13-16)21(32-19)25-15-8-6-5-7-9-15/h5-13,25H,4H2,1-3H3,(H,24,27)(H,26,30). The van der Waals surface area contributed by atoms with Gasteiger partial charge in [-0.25, -0.2) is 4.79 Å². The summed E-state index contributed by atoms with van der Waals surface area (Å²) in [7, 11) is 0. The van der Waals surface area contributed by atoms with Gasteiger partial charge in [-0.3, -0.25) is 4.79 Å². The van der Waals surface area contributed by atoms with Crippen molar-refractivity contribution >= 4 is 73.6 Å². The average molecular weight is 486 g/mol. The van der Waals surface area contributed by atoms with Gasteiger partial charge in [0.2, 0.25) is 0 Å². The first-order valence-electron chi connectivity index (χ1n) is 9.81. The number of thioether (sulfide) groups is 1. The highest BCUT2D eigenvalue weighted by molar-refractivity contribution is 8.22. The van der Waals surface area contributed by atoms with Gasteiger partial charge in [0.15, 0.2) is 0 Å². The molecule has 1 heterocycles. The van der Waals surface area contributed by atoms with E-state index in [-0.39, 0.29) is 17.4 Å². The topological polar surface area (TPSA) is 79.5 Å². The van der Waals surface area contributed by atoms with Gasteiger partial charge >= 0.3 is 5.97 Å². The lowest BCUT2D eigenvalue weighted by Crippen LogP contribution is -2.17. The summed E-state index contributed by atoms with van der Waals surface area (Å²) in [6.45, 7) is 3.93. The molecule has 0 saturated carbocycles. The van der Waals surface area contributed by atoms with Gasteiger partial charge in [-0.05, 0) is 44.4 Å². The molecule has 0 aliphatic carbocycles. The van der Waals surface area contributed by atoms with Crippen molar-refractivity contribution in [2.45, 2.75) is 13.8 Å². The van der Waals surface area contributed by atoms with E-state index in [1.807, 2.05) is 67.8 Å². The quantitative estimate of drug-likeness (QED) is 0.268. The first-order valence-corrected chi connectivity index (χ1v) is 12.3. The Hall–Kier alpha value is -2.88. The third kappa shape index (κ3) is 5.87. The number of anilines is 4. The minimum absolute atomic E-state index is 0.218. The van der Waals surface area contributed by atoms with Crippen molar-refractivity contribution in [2.75, 3.05) is 28.8 Å². The number of amides is 1. The van der Waals surface area contributed by atoms with Crippen LogP contribution in [-0.2, 0) is 4.74 Å². The Labute approximate surface area is 200 Å². The van der Waals surface area contributed by atoms with Gasteiger partial charge in [0.05, 0.1) is 17.9 Å². The Morgan fingerprint density at radius 3 is 2.34 bits per heavy atom. The van der Waals surface area contributed by atoms with Gasteiger partial charge in [0, 0.05) is 11.4 Å². The normalized spacial score (nSPS) is 10.3. The predicted molar refractivity (Wildman–Crippen MR) is 139 cm³/mol. The SMILES string of the molecule is CCOC(=O)c1sc(Nc2ccccc2)c(C(=O)Nc2ccc(C)cc2)c1NC(=S)SC. The summed E-state index contributed by atoms with van der Waals surface area (Å²) in [6.07, 6.45) is 1.82. The first-order chi connectivity index (χ1) is 15.4. The van der Waals surface area contributed by atoms with Crippen LogP contribution in [-0.4, -0.2) is 29.1 Å². The van der Waals surface area contributed by atoms with E-state index >= 15 is 0 Å². The molecule has 0 atom stereocenters. The summed E-state index contributed by atoms with van der Waals surface area (Å²) >= 11 is 7.79. The van der Waals surface area contributed by atoms with Crippen molar-refractivity contribution in [3.63, 3.8) is 0 Å². The van der Waals surface area contributed by atoms with Crippen LogP contribution in [0, 0.1) is 6.92 Å². The molecule has 0 aliphatic rings. The zero-order valence-corrected chi connectivity index (χ0v) is 20.3. The van der Waals surface area contributed by atoms with Gasteiger partial charge in [-0.15, -0.1) is 23.1 Å². The summed E-state index contributed by atoms with van der Waals surface area (Å²) in [5.41, 5.74) is 3.14. The molecule has 0 unspecified atom stereocenters. The van der Waals surface area contributed by atoms with Crippen molar-refractivity contribution in [1.82, 2.24) is 0 Å². The lowest BCUT2D eigenvalue weighted by Gasteiger charge is -2.12. The molecular formula is C23H23N3O3S3. The van der Waals surface area contributed by atoms with Crippen molar-refractivity contribution in [3.8, 4) is 0 Å². The van der Waals surface area contributed by atoms with Crippen molar-refractivity contribution < 1.29 is 14.3 Å². The second kappa shape index (κ2) is 11.1. The molecule has 0 spiro atoms. The van der Waals surface area contributed by atoms with Crippen LogP contribution in [0.1, 0.15) is 32.5 Å². The molecule has 32 heavy (non-hydrogen) atoms. The maximum absolute atomic E-state index is 13.4. The van der Waals surface area contributed by atoms with E-state index in [1.165, 1.54) is 11.8 Å². The molecule has 166 valence electrons. The Kier molecular flexibility index (Phi) is 8.26. The fourth-order valence-electron chi connectivity index (χ4n) is 2.83. The molecule has 3 N–H and O–H groups in total. The number of rotatable bonds is 7. The number of hydrogen-bond donors (Lipinski definition) is 3. The van der Waals surface area contributed by atoms with E-state index in [0.29, 0.717) is 26.3 Å². The Morgan fingerprint density at radius 1 is 1.03 bits per heavy atom. The van der Waals surface area contributed by atoms with Gasteiger partial charge in [-0.1, -0.05) is 48.1 Å². The van der Waals surface area contributed by atoms with Gasteiger partial charge in [-0.2, -0.15) is 0 Å². The van der Waals surface area contributed by atoms with Crippen LogP contribution >= 0.6 is 35.3 Å². The molecular weight excluding hydrogens is 462 g/mol. The minimum Gasteiger partial charge on any atom is -0.462 e. The average Bonchev–Trinajstić information content (AvgIpc) is 3.13. The van der Waals surface area contributed by atoms with Crippen LogP contribution in [0.3, 0.4) is 0 Å². The van der Waals surface area contributed by atoms with Crippen LogP contribution in [0.4, 0.5) is 22.1 Å². The number of para-hydroxylation sites is 1. The van der Waals surface area contributed by atoms with E-state index in [4.69, 9.17) is 17.0 Å². The number of esters is 1. The monoisotopic (exact) mass is 485 g/mol. The van der Waals surface area contributed by atoms with E-state index in [1.54, 1.807) is 6.92 Å². The third-order valence-corrected chi connectivity index (χ3v) is 6.51. The molecule has 0 fully saturated rings. The molecule has 0 bridgehead atoms. The fraction of sp³-hybridized carbons (Fsp3) is 0.174. The number of carbonyl (C=O) groups is 2. The molecule has 2 aromatic carbocycles. The maximum Gasteiger partial charge on any atom is 0.350 e. The van der Waals surface area contributed by atoms with Crippen LogP contribution in [0.15, 0.2) is 54.6 Å². The Balaban J connectivity index is 2.09. The highest BCUT2D eigenvalue weighted by atomic mass is 32.2. The number of hydrogen-bond acceptors (Lipinski definition) is 7. The highest BCUT2D eigenvalue weighted by Crippen LogP contribution is 2.40. The van der Waals surface area contributed by atoms with Crippen LogP contribution in [0.2, 0.25) is 0 Å². The number of ether oxygens (including phenoxy) is 1. The molecule has 0 radical (unpaired) electrons. The summed E-state index contributed by atoms with van der Waals surface area (Å²) in [4.78, 5) is 26.4. The molecule has 9 heteroatoms. The number of nitrogens with one attached hydrogen (secondary N) is 3. The number of benzene rings is 2. The largest absolute Gasteiger partial charge is 0.462 e. The van der Waals surface area contributed by atoms with Crippen LogP contribution in [0.25, 0.3) is 0 Å². The molecule has 3 aromatic rings. The molecule has 1 amide bonds. The van der Waals surface area contributed by atoms with Crippen molar-refractivity contribution in [3.05, 3.63) is 70.6 Å². The predicted octanol–water partition coefficient (Wildman–Crippen LogP) is 6.29. The zero-order valence-electron chi connectivity index (χ0n) is 17.9. The molecule has 3 rings (SSSR count). The van der Waals surface area contributed by atoms with E-state index < -0.39 is 5.97 Å². The van der Waals surface area contributed by atoms with Gasteiger partial charge in [0.25, 0.3) is 5.91 Å². The summed E-state index contributed by atoms with van der Waals surface area (Å²) in [6, 6.07) is 16.9. The highest BCUT2D eigenvalue weighted by Gasteiger charge is 2.29. The number of aryl methyl sites for hydroxylation is 1. The van der Waals surface area contributed by atoms with Gasteiger partial charge < -0.3 is 20.7 Å². The molecule has 1 aromatic heterocycles. The molecule has 0 saturated heterocycles. The fourth-order valence-corrected chi connectivity index (χ4v) is 4.21. The van der Waals surface area contributed by atoms with E-state index in [2.05, 4.69) is 16.0 Å². The molecule has 6 nitrogen and oxygen atoms in total. The van der Waals surface area contributed by atoms with Crippen LogP contribution < -0.4 is 16.0 Å². The van der Waals surface area contributed by atoms with Crippen molar-refractivity contribution in [2.24, 2.45) is 0 Å². The smallest absolute Gasteiger partial charge is 0.350 e. The van der Waals surface area contributed by atoms with E-state index in [9.17, 15) is 9.59 Å². The maximum atomic E-state index is 13.4. The van der Waals surface area contributed by atoms with E-state index in [0.717, 1.165) is 22.6 Å². The second-order valence-corrected chi connectivity index (χ2v) is 9.16. The first kappa shape index (κ1) is 23.8. The Bertz CT molecular complexity index is 1110. The second-order valence-electron chi connectivity index (χ2n) is 6.66. The summed E-state index contributed by atoms with van der Waals surface area (Å²) in [5, 5.41) is 9.73. The molecule has 0 aliphatic heterocycles. The summed E-state index contributed by atoms with van der Waals surface area (Å²) < 4.78 is 5.67. The number of thiocarbonyl (C=S) groups is 1. The summed E-state index contributed by atoms with van der Waals surface area (Å²) in [5.74, 6) is -0.889. The van der Waals surface area contributed by atoms with Crippen molar-refractivity contribution in [1.29, 1.82) is 0 Å². The lowest BCUT2D eigenvalue weighted by atomic mass is 10.2. The van der Waals surface area contributed by atoms with Gasteiger partial charge in [0.1, 0.15) is 14.2 Å². The minimum atomic E-state index is -0.519. The zero-order chi connectivity index (χ0) is 23.1. The third-order valence-electron chi connectivity index (χ3n) is 4.35. The lowest BCUT2D eigenvalue weighted by molar-refractivity contribution is 0.0533. The number of carbonyl (C=O) groups excluding carboxylic acids is 2. The Morgan fingerprint density at radius 2 is 1.72 bits per heavy atom. The van der Waals surface area contributed by atoms with Crippen LogP contribution in [0.5, 0.6) is 0 Å².